The molecule has 4 nitrogen and oxygen atoms in total. The van der Waals surface area contributed by atoms with E-state index in [9.17, 15) is 9.90 Å². The zero-order valence-electron chi connectivity index (χ0n) is 10.8. The van der Waals surface area contributed by atoms with Crippen molar-refractivity contribution in [3.8, 4) is 5.75 Å². The van der Waals surface area contributed by atoms with Gasteiger partial charge in [-0.25, -0.2) is 0 Å². The number of benzene rings is 1. The van der Waals surface area contributed by atoms with Crippen LogP contribution in [0.2, 0.25) is 0 Å². The highest BCUT2D eigenvalue weighted by Crippen LogP contribution is 2.33. The Hall–Kier alpha value is -1.55. The summed E-state index contributed by atoms with van der Waals surface area (Å²) in [5.74, 6) is -0.181. The first-order valence-corrected chi connectivity index (χ1v) is 6.26. The van der Waals surface area contributed by atoms with Crippen molar-refractivity contribution < 1.29 is 14.6 Å². The number of hydrogen-bond donors (Lipinski definition) is 1. The molecule has 0 radical (unpaired) electrons. The third kappa shape index (κ3) is 2.64. The first-order chi connectivity index (χ1) is 8.61. The monoisotopic (exact) mass is 249 g/mol. The van der Waals surface area contributed by atoms with Crippen LogP contribution in [-0.4, -0.2) is 42.7 Å². The van der Waals surface area contributed by atoms with E-state index in [2.05, 4.69) is 4.90 Å². The highest BCUT2D eigenvalue weighted by molar-refractivity contribution is 5.72. The number of carboxylic acid groups (broad SMARTS) is 1. The topological polar surface area (TPSA) is 49.8 Å². The summed E-state index contributed by atoms with van der Waals surface area (Å²) in [7, 11) is 1.96. The summed E-state index contributed by atoms with van der Waals surface area (Å²) < 4.78 is 5.47. The minimum Gasteiger partial charge on any atom is -0.494 e. The van der Waals surface area contributed by atoms with E-state index in [1.165, 1.54) is 0 Å². The fraction of sp³-hybridized carbons (Fsp3) is 0.500. The Morgan fingerprint density at radius 2 is 2.28 bits per heavy atom. The van der Waals surface area contributed by atoms with E-state index >= 15 is 0 Å². The fourth-order valence-electron chi connectivity index (χ4n) is 2.59. The number of aliphatic carboxylic acids is 1. The van der Waals surface area contributed by atoms with Gasteiger partial charge in [-0.2, -0.15) is 0 Å². The van der Waals surface area contributed by atoms with Crippen LogP contribution in [0.4, 0.5) is 0 Å². The lowest BCUT2D eigenvalue weighted by Crippen LogP contribution is -2.21. The molecular weight excluding hydrogens is 230 g/mol. The van der Waals surface area contributed by atoms with Crippen molar-refractivity contribution in [3.05, 3.63) is 29.8 Å². The second kappa shape index (κ2) is 5.40. The summed E-state index contributed by atoms with van der Waals surface area (Å²) >= 11 is 0. The van der Waals surface area contributed by atoms with Crippen molar-refractivity contribution in [2.75, 3.05) is 26.7 Å². The number of likely N-dealkylation sites (tertiary alicyclic amines) is 1. The van der Waals surface area contributed by atoms with Gasteiger partial charge < -0.3 is 14.7 Å². The molecule has 0 aliphatic carbocycles. The molecule has 0 aromatic heterocycles. The van der Waals surface area contributed by atoms with E-state index in [4.69, 9.17) is 4.74 Å². The standard InChI is InChI=1S/C14H19NO3/c1-3-18-11-6-4-5-10(7-11)12-8-15(2)9-13(12)14(16)17/h4-7,12-13H,3,8-9H2,1-2H3,(H,16,17)/t12-,13+/m0/s1. The zero-order valence-corrected chi connectivity index (χ0v) is 10.8. The fourth-order valence-corrected chi connectivity index (χ4v) is 2.59. The Morgan fingerprint density at radius 3 is 2.94 bits per heavy atom. The Balaban J connectivity index is 2.24. The van der Waals surface area contributed by atoms with Crippen molar-refractivity contribution >= 4 is 5.97 Å². The maximum atomic E-state index is 11.3. The molecule has 0 spiro atoms. The zero-order chi connectivity index (χ0) is 13.1. The lowest BCUT2D eigenvalue weighted by Gasteiger charge is -2.16. The molecule has 18 heavy (non-hydrogen) atoms. The molecule has 0 bridgehead atoms. The summed E-state index contributed by atoms with van der Waals surface area (Å²) in [6.07, 6.45) is 0. The van der Waals surface area contributed by atoms with E-state index < -0.39 is 5.97 Å². The van der Waals surface area contributed by atoms with Crippen molar-refractivity contribution in [3.63, 3.8) is 0 Å². The third-order valence-corrected chi connectivity index (χ3v) is 3.42. The Labute approximate surface area is 107 Å². The van der Waals surface area contributed by atoms with E-state index in [0.717, 1.165) is 17.9 Å². The highest BCUT2D eigenvalue weighted by atomic mass is 16.5. The normalized spacial score (nSPS) is 24.1. The third-order valence-electron chi connectivity index (χ3n) is 3.42. The van der Waals surface area contributed by atoms with Crippen LogP contribution in [0.15, 0.2) is 24.3 Å². The Morgan fingerprint density at radius 1 is 1.50 bits per heavy atom. The summed E-state index contributed by atoms with van der Waals surface area (Å²) in [5, 5.41) is 9.28. The molecule has 2 rings (SSSR count). The molecule has 1 aromatic carbocycles. The van der Waals surface area contributed by atoms with Gasteiger partial charge in [0.05, 0.1) is 12.5 Å². The lowest BCUT2D eigenvalue weighted by molar-refractivity contribution is -0.141. The number of nitrogens with zero attached hydrogens (tertiary/aromatic N) is 1. The van der Waals surface area contributed by atoms with Gasteiger partial charge in [0.2, 0.25) is 0 Å². The second-order valence-corrected chi connectivity index (χ2v) is 4.78. The van der Waals surface area contributed by atoms with Crippen LogP contribution >= 0.6 is 0 Å². The molecule has 2 atom stereocenters. The van der Waals surface area contributed by atoms with Crippen molar-refractivity contribution in [2.45, 2.75) is 12.8 Å². The molecule has 1 aromatic rings. The number of likely N-dealkylation sites (N-methyl/N-ethyl adjacent to an activating group) is 1. The molecule has 1 N–H and O–H groups in total. The number of rotatable bonds is 4. The van der Waals surface area contributed by atoms with E-state index in [1.54, 1.807) is 0 Å². The van der Waals surface area contributed by atoms with Crippen LogP contribution in [0.25, 0.3) is 0 Å². The van der Waals surface area contributed by atoms with Gasteiger partial charge >= 0.3 is 5.97 Å². The van der Waals surface area contributed by atoms with Gasteiger partial charge in [-0.1, -0.05) is 12.1 Å². The minimum atomic E-state index is -0.717. The van der Waals surface area contributed by atoms with Crippen LogP contribution in [0.1, 0.15) is 18.4 Å². The molecule has 98 valence electrons. The summed E-state index contributed by atoms with van der Waals surface area (Å²) in [5.41, 5.74) is 1.05. The van der Waals surface area contributed by atoms with Crippen LogP contribution in [0.3, 0.4) is 0 Å². The molecule has 1 heterocycles. The first kappa shape index (κ1) is 12.9. The maximum absolute atomic E-state index is 11.3. The molecule has 1 saturated heterocycles. The predicted octanol–water partition coefficient (Wildman–Crippen LogP) is 1.82. The molecule has 1 fully saturated rings. The SMILES string of the molecule is CCOc1cccc([C@@H]2CN(C)C[C@H]2C(=O)O)c1. The molecule has 0 amide bonds. The van der Waals surface area contributed by atoms with Crippen LogP contribution in [-0.2, 0) is 4.79 Å². The summed E-state index contributed by atoms with van der Waals surface area (Å²) in [4.78, 5) is 13.3. The summed E-state index contributed by atoms with van der Waals surface area (Å²) in [6, 6.07) is 7.78. The van der Waals surface area contributed by atoms with Gasteiger partial charge in [0.1, 0.15) is 5.75 Å². The predicted molar refractivity (Wildman–Crippen MR) is 69.0 cm³/mol. The first-order valence-electron chi connectivity index (χ1n) is 6.26. The minimum absolute atomic E-state index is 0.0490. The number of carbonyl (C=O) groups is 1. The van der Waals surface area contributed by atoms with Gasteiger partial charge in [-0.15, -0.1) is 0 Å². The average Bonchev–Trinajstić information content (AvgIpc) is 2.72. The largest absolute Gasteiger partial charge is 0.494 e. The van der Waals surface area contributed by atoms with E-state index in [-0.39, 0.29) is 11.8 Å². The van der Waals surface area contributed by atoms with Crippen LogP contribution in [0.5, 0.6) is 5.75 Å². The van der Waals surface area contributed by atoms with E-state index in [0.29, 0.717) is 13.2 Å². The van der Waals surface area contributed by atoms with Gasteiger partial charge in [0.25, 0.3) is 0 Å². The second-order valence-electron chi connectivity index (χ2n) is 4.78. The molecule has 0 unspecified atom stereocenters. The highest BCUT2D eigenvalue weighted by Gasteiger charge is 2.36. The average molecular weight is 249 g/mol. The summed E-state index contributed by atoms with van der Waals surface area (Å²) in [6.45, 7) is 3.96. The molecular formula is C14H19NO3. The van der Waals surface area contributed by atoms with Crippen molar-refractivity contribution in [1.29, 1.82) is 0 Å². The molecule has 0 saturated carbocycles. The van der Waals surface area contributed by atoms with Crippen molar-refractivity contribution in [2.24, 2.45) is 5.92 Å². The lowest BCUT2D eigenvalue weighted by atomic mass is 9.89. The molecule has 1 aliphatic heterocycles. The molecule has 4 heteroatoms. The maximum Gasteiger partial charge on any atom is 0.308 e. The Bertz CT molecular complexity index is 433. The number of ether oxygens (including phenoxy) is 1. The van der Waals surface area contributed by atoms with Crippen molar-refractivity contribution in [1.82, 2.24) is 4.90 Å². The van der Waals surface area contributed by atoms with Gasteiger partial charge in [-0.3, -0.25) is 4.79 Å². The number of hydrogen-bond acceptors (Lipinski definition) is 3. The number of carboxylic acids is 1. The van der Waals surface area contributed by atoms with Gasteiger partial charge in [0, 0.05) is 19.0 Å². The van der Waals surface area contributed by atoms with Gasteiger partial charge in [-0.05, 0) is 31.7 Å². The van der Waals surface area contributed by atoms with Crippen LogP contribution in [0, 0.1) is 5.92 Å². The van der Waals surface area contributed by atoms with Gasteiger partial charge in [0.15, 0.2) is 0 Å². The van der Waals surface area contributed by atoms with E-state index in [1.807, 2.05) is 38.2 Å². The van der Waals surface area contributed by atoms with Crippen LogP contribution < -0.4 is 4.74 Å². The quantitative estimate of drug-likeness (QED) is 0.884. The Kier molecular flexibility index (Phi) is 3.87. The smallest absolute Gasteiger partial charge is 0.308 e. The molecule has 1 aliphatic rings.